The topological polar surface area (TPSA) is 30.8 Å². The van der Waals surface area contributed by atoms with Gasteiger partial charge < -0.3 is 9.47 Å². The SMILES string of the molecule is COc1cccc(OC(F)F)c1N=C=S. The predicted octanol–water partition coefficient (Wildman–Crippen LogP) is 3.03. The van der Waals surface area contributed by atoms with Crippen molar-refractivity contribution in [2.75, 3.05) is 7.11 Å². The second-order valence-electron chi connectivity index (χ2n) is 2.39. The van der Waals surface area contributed by atoms with Crippen LogP contribution < -0.4 is 9.47 Å². The zero-order chi connectivity index (χ0) is 11.3. The molecule has 0 amide bonds. The molecule has 80 valence electrons. The maximum Gasteiger partial charge on any atom is 0.387 e. The van der Waals surface area contributed by atoms with Gasteiger partial charge in [-0.3, -0.25) is 0 Å². The molecule has 3 nitrogen and oxygen atoms in total. The molecule has 15 heavy (non-hydrogen) atoms. The minimum absolute atomic E-state index is 0.0956. The molecule has 1 rings (SSSR count). The summed E-state index contributed by atoms with van der Waals surface area (Å²) in [4.78, 5) is 3.61. The van der Waals surface area contributed by atoms with Crippen molar-refractivity contribution in [2.24, 2.45) is 4.99 Å². The number of hydrogen-bond donors (Lipinski definition) is 0. The Morgan fingerprint density at radius 2 is 2.07 bits per heavy atom. The monoisotopic (exact) mass is 231 g/mol. The molecule has 0 saturated carbocycles. The van der Waals surface area contributed by atoms with Crippen LogP contribution >= 0.6 is 12.2 Å². The maximum absolute atomic E-state index is 12.0. The number of thiocarbonyl (C=S) groups is 1. The van der Waals surface area contributed by atoms with E-state index in [2.05, 4.69) is 27.1 Å². The molecule has 0 aromatic heterocycles. The third-order valence-electron chi connectivity index (χ3n) is 1.56. The summed E-state index contributed by atoms with van der Waals surface area (Å²) in [5.41, 5.74) is 0.107. The van der Waals surface area contributed by atoms with Gasteiger partial charge in [-0.15, -0.1) is 0 Å². The first-order valence-corrected chi connectivity index (χ1v) is 4.29. The van der Waals surface area contributed by atoms with Gasteiger partial charge in [-0.05, 0) is 24.4 Å². The average molecular weight is 231 g/mol. The van der Waals surface area contributed by atoms with Crippen LogP contribution in [0.1, 0.15) is 0 Å². The molecule has 0 aliphatic heterocycles. The summed E-state index contributed by atoms with van der Waals surface area (Å²) in [6.07, 6.45) is 0. The molecule has 0 saturated heterocycles. The second-order valence-corrected chi connectivity index (χ2v) is 2.57. The Morgan fingerprint density at radius 3 is 2.60 bits per heavy atom. The van der Waals surface area contributed by atoms with Gasteiger partial charge in [-0.2, -0.15) is 13.8 Å². The van der Waals surface area contributed by atoms with Crippen molar-refractivity contribution in [2.45, 2.75) is 6.61 Å². The number of halogens is 2. The summed E-state index contributed by atoms with van der Waals surface area (Å²) in [6.45, 7) is -2.92. The lowest BCUT2D eigenvalue weighted by Crippen LogP contribution is -2.02. The van der Waals surface area contributed by atoms with Gasteiger partial charge in [0.1, 0.15) is 5.75 Å². The lowest BCUT2D eigenvalue weighted by molar-refractivity contribution is -0.0494. The number of nitrogens with zero attached hydrogens (tertiary/aromatic N) is 1. The van der Waals surface area contributed by atoms with Gasteiger partial charge in [0.05, 0.1) is 12.3 Å². The number of methoxy groups -OCH3 is 1. The van der Waals surface area contributed by atoms with Crippen LogP contribution in [0.5, 0.6) is 11.5 Å². The number of rotatable bonds is 4. The highest BCUT2D eigenvalue weighted by Crippen LogP contribution is 2.37. The fourth-order valence-electron chi connectivity index (χ4n) is 1.01. The van der Waals surface area contributed by atoms with E-state index >= 15 is 0 Å². The Morgan fingerprint density at radius 1 is 1.40 bits per heavy atom. The molecule has 6 heteroatoms. The molecule has 0 unspecified atom stereocenters. The van der Waals surface area contributed by atoms with Gasteiger partial charge in [0.2, 0.25) is 0 Å². The normalized spacial score (nSPS) is 9.60. The molecule has 1 aromatic rings. The molecule has 0 fully saturated rings. The number of benzene rings is 1. The van der Waals surface area contributed by atoms with E-state index < -0.39 is 6.61 Å². The van der Waals surface area contributed by atoms with Crippen molar-refractivity contribution >= 4 is 23.1 Å². The molecular formula is C9H7F2NO2S. The summed E-state index contributed by atoms with van der Waals surface area (Å²) in [6, 6.07) is 4.42. The fraction of sp³-hybridized carbons (Fsp3) is 0.222. The number of ether oxygens (including phenoxy) is 2. The number of alkyl halides is 2. The zero-order valence-corrected chi connectivity index (χ0v) is 8.55. The van der Waals surface area contributed by atoms with Gasteiger partial charge in [-0.25, -0.2) is 0 Å². The van der Waals surface area contributed by atoms with E-state index in [4.69, 9.17) is 4.74 Å². The fourth-order valence-corrected chi connectivity index (χ4v) is 1.11. The van der Waals surface area contributed by atoms with Crippen LogP contribution in [0.25, 0.3) is 0 Å². The molecule has 0 aliphatic rings. The van der Waals surface area contributed by atoms with Crippen LogP contribution in [-0.4, -0.2) is 18.9 Å². The van der Waals surface area contributed by atoms with Crippen molar-refractivity contribution < 1.29 is 18.3 Å². The van der Waals surface area contributed by atoms with E-state index in [1.165, 1.54) is 19.2 Å². The number of hydrogen-bond acceptors (Lipinski definition) is 4. The molecule has 0 atom stereocenters. The van der Waals surface area contributed by atoms with Crippen molar-refractivity contribution in [1.29, 1.82) is 0 Å². The number of aliphatic imine (C=N–C) groups is 1. The third-order valence-corrected chi connectivity index (χ3v) is 1.65. The van der Waals surface area contributed by atoms with E-state index in [9.17, 15) is 8.78 Å². The minimum atomic E-state index is -2.92. The third kappa shape index (κ3) is 2.97. The largest absolute Gasteiger partial charge is 0.494 e. The lowest BCUT2D eigenvalue weighted by atomic mass is 10.3. The van der Waals surface area contributed by atoms with Crippen molar-refractivity contribution in [3.8, 4) is 11.5 Å². The van der Waals surface area contributed by atoms with Crippen molar-refractivity contribution in [1.82, 2.24) is 0 Å². The molecule has 0 radical (unpaired) electrons. The molecule has 0 N–H and O–H groups in total. The Bertz CT molecular complexity index is 392. The molecular weight excluding hydrogens is 224 g/mol. The van der Waals surface area contributed by atoms with Gasteiger partial charge in [0, 0.05) is 0 Å². The Hall–Kier alpha value is -1.52. The van der Waals surface area contributed by atoms with Crippen LogP contribution in [0.15, 0.2) is 23.2 Å². The molecule has 0 spiro atoms. The molecule has 0 heterocycles. The Kier molecular flexibility index (Phi) is 4.15. The van der Waals surface area contributed by atoms with Gasteiger partial charge in [0.15, 0.2) is 11.4 Å². The average Bonchev–Trinajstić information content (AvgIpc) is 2.20. The Balaban J connectivity index is 3.18. The van der Waals surface area contributed by atoms with Crippen LogP contribution in [0.3, 0.4) is 0 Å². The highest BCUT2D eigenvalue weighted by molar-refractivity contribution is 7.78. The number of para-hydroxylation sites is 1. The zero-order valence-electron chi connectivity index (χ0n) is 7.74. The quantitative estimate of drug-likeness (QED) is 0.589. The van der Waals surface area contributed by atoms with E-state index in [1.807, 2.05) is 0 Å². The van der Waals surface area contributed by atoms with Crippen molar-refractivity contribution in [3.63, 3.8) is 0 Å². The summed E-state index contributed by atoms with van der Waals surface area (Å²) in [7, 11) is 1.39. The van der Waals surface area contributed by atoms with Crippen molar-refractivity contribution in [3.05, 3.63) is 18.2 Å². The van der Waals surface area contributed by atoms with Crippen LogP contribution in [0.4, 0.5) is 14.5 Å². The first-order valence-electron chi connectivity index (χ1n) is 3.88. The van der Waals surface area contributed by atoms with E-state index in [-0.39, 0.29) is 11.4 Å². The maximum atomic E-state index is 12.0. The highest BCUT2D eigenvalue weighted by Gasteiger charge is 2.12. The number of isothiocyanates is 1. The minimum Gasteiger partial charge on any atom is -0.494 e. The molecule has 1 aromatic carbocycles. The predicted molar refractivity (Wildman–Crippen MR) is 54.3 cm³/mol. The first-order chi connectivity index (χ1) is 7.19. The van der Waals surface area contributed by atoms with E-state index in [0.29, 0.717) is 5.75 Å². The lowest BCUT2D eigenvalue weighted by Gasteiger charge is -2.09. The second kappa shape index (κ2) is 5.38. The van der Waals surface area contributed by atoms with Crippen LogP contribution in [0, 0.1) is 0 Å². The van der Waals surface area contributed by atoms with Gasteiger partial charge in [0.25, 0.3) is 0 Å². The Labute approximate surface area is 90.3 Å². The summed E-state index contributed by atoms with van der Waals surface area (Å²) in [5, 5.41) is 2.08. The summed E-state index contributed by atoms with van der Waals surface area (Å²) >= 11 is 4.40. The van der Waals surface area contributed by atoms with Crippen LogP contribution in [-0.2, 0) is 0 Å². The van der Waals surface area contributed by atoms with Crippen LogP contribution in [0.2, 0.25) is 0 Å². The van der Waals surface area contributed by atoms with Gasteiger partial charge >= 0.3 is 6.61 Å². The van der Waals surface area contributed by atoms with E-state index in [0.717, 1.165) is 0 Å². The summed E-state index contributed by atoms with van der Waals surface area (Å²) < 4.78 is 33.2. The molecule has 0 bridgehead atoms. The standard InChI is InChI=1S/C9H7F2NO2S/c1-13-6-3-2-4-7(14-9(10)11)8(6)12-5-15/h2-4,9H,1H3. The highest BCUT2D eigenvalue weighted by atomic mass is 32.1. The van der Waals surface area contributed by atoms with E-state index in [1.54, 1.807) is 6.07 Å². The first kappa shape index (κ1) is 11.6. The molecule has 0 aliphatic carbocycles. The van der Waals surface area contributed by atoms with Gasteiger partial charge in [-0.1, -0.05) is 6.07 Å². The smallest absolute Gasteiger partial charge is 0.387 e. The summed E-state index contributed by atoms with van der Waals surface area (Å²) in [5.74, 6) is 0.201.